The topological polar surface area (TPSA) is 72.1 Å². The van der Waals surface area contributed by atoms with Crippen LogP contribution in [0.3, 0.4) is 0 Å². The first-order valence-electron chi connectivity index (χ1n) is 8.12. The average molecular weight is 470 g/mol. The zero-order valence-corrected chi connectivity index (χ0v) is 17.9. The maximum absolute atomic E-state index is 6.03. The molecule has 26 heavy (non-hydrogen) atoms. The molecule has 1 atom stereocenters. The smallest absolute Gasteiger partial charge is 0.193 e. The zero-order chi connectivity index (χ0) is 18.2. The first kappa shape index (κ1) is 21.9. The fraction of sp³-hybridized carbons (Fsp3) is 0.316. The number of ether oxygens (including phenoxy) is 2. The zero-order valence-electron chi connectivity index (χ0n) is 15.6. The summed E-state index contributed by atoms with van der Waals surface area (Å²) in [6, 6.07) is 15.9. The summed E-state index contributed by atoms with van der Waals surface area (Å²) < 4.78 is 10.6. The van der Waals surface area contributed by atoms with E-state index in [1.807, 2.05) is 43.4 Å². The summed E-state index contributed by atoms with van der Waals surface area (Å²) in [5.41, 5.74) is 7.89. The first-order chi connectivity index (χ1) is 12.0. The van der Waals surface area contributed by atoms with Crippen molar-refractivity contribution < 1.29 is 9.47 Å². The van der Waals surface area contributed by atoms with Gasteiger partial charge in [-0.3, -0.25) is 4.99 Å². The molecule has 3 N–H and O–H groups in total. The van der Waals surface area contributed by atoms with Crippen molar-refractivity contribution in [3.63, 3.8) is 0 Å². The van der Waals surface area contributed by atoms with Crippen LogP contribution in [0.25, 0.3) is 0 Å². The van der Waals surface area contributed by atoms with Crippen LogP contribution in [0.2, 0.25) is 0 Å². The lowest BCUT2D eigenvalue weighted by Gasteiger charge is -2.25. The van der Waals surface area contributed by atoms with E-state index in [0.717, 1.165) is 5.69 Å². The molecule has 0 saturated heterocycles. The molecule has 2 rings (SSSR count). The van der Waals surface area contributed by atoms with Gasteiger partial charge in [0.25, 0.3) is 0 Å². The molecular formula is C19H27IN4O2. The Labute approximate surface area is 172 Å². The molecule has 2 aromatic carbocycles. The van der Waals surface area contributed by atoms with Gasteiger partial charge >= 0.3 is 0 Å². The number of aliphatic imine (C=N–C) groups is 1. The van der Waals surface area contributed by atoms with Crippen LogP contribution in [0, 0.1) is 0 Å². The number of likely N-dealkylation sites (N-methyl/N-ethyl adjacent to an activating group) is 1. The van der Waals surface area contributed by atoms with E-state index in [-0.39, 0.29) is 30.0 Å². The van der Waals surface area contributed by atoms with E-state index in [1.165, 1.54) is 0 Å². The van der Waals surface area contributed by atoms with Gasteiger partial charge in [0.1, 0.15) is 11.5 Å². The summed E-state index contributed by atoms with van der Waals surface area (Å²) >= 11 is 0. The summed E-state index contributed by atoms with van der Waals surface area (Å²) in [5, 5.41) is 3.07. The highest BCUT2D eigenvalue weighted by atomic mass is 127. The van der Waals surface area contributed by atoms with Crippen molar-refractivity contribution in [1.29, 1.82) is 0 Å². The summed E-state index contributed by atoms with van der Waals surface area (Å²) in [6.45, 7) is 2.67. The second-order valence-corrected chi connectivity index (χ2v) is 5.71. The molecule has 0 radical (unpaired) electrons. The van der Waals surface area contributed by atoms with Crippen molar-refractivity contribution in [2.45, 2.75) is 13.0 Å². The Morgan fingerprint density at radius 2 is 1.85 bits per heavy atom. The predicted molar refractivity (Wildman–Crippen MR) is 119 cm³/mol. The molecular weight excluding hydrogens is 443 g/mol. The van der Waals surface area contributed by atoms with Crippen molar-refractivity contribution in [3.05, 3.63) is 48.5 Å². The van der Waals surface area contributed by atoms with Crippen LogP contribution in [0.5, 0.6) is 11.5 Å². The molecule has 6 nitrogen and oxygen atoms in total. The predicted octanol–water partition coefficient (Wildman–Crippen LogP) is 3.57. The van der Waals surface area contributed by atoms with Gasteiger partial charge in [0.2, 0.25) is 0 Å². The Morgan fingerprint density at radius 3 is 2.46 bits per heavy atom. The van der Waals surface area contributed by atoms with Crippen molar-refractivity contribution in [2.24, 2.45) is 10.7 Å². The maximum Gasteiger partial charge on any atom is 0.193 e. The molecule has 0 heterocycles. The fourth-order valence-corrected chi connectivity index (χ4v) is 2.36. The third-order valence-electron chi connectivity index (χ3n) is 4.02. The van der Waals surface area contributed by atoms with E-state index in [0.29, 0.717) is 29.7 Å². The molecule has 0 spiro atoms. The van der Waals surface area contributed by atoms with Crippen LogP contribution in [0.4, 0.5) is 11.4 Å². The quantitative estimate of drug-likeness (QED) is 0.368. The first-order valence-corrected chi connectivity index (χ1v) is 8.12. The summed E-state index contributed by atoms with van der Waals surface area (Å²) in [5.74, 6) is 1.72. The van der Waals surface area contributed by atoms with E-state index >= 15 is 0 Å². The van der Waals surface area contributed by atoms with Gasteiger partial charge in [0, 0.05) is 24.8 Å². The lowest BCUT2D eigenvalue weighted by Crippen LogP contribution is -2.33. The summed E-state index contributed by atoms with van der Waals surface area (Å²) in [7, 11) is 5.27. The van der Waals surface area contributed by atoms with Gasteiger partial charge in [-0.2, -0.15) is 0 Å². The number of hydrogen-bond acceptors (Lipinski definition) is 4. The number of para-hydroxylation sites is 1. The second kappa shape index (κ2) is 10.7. The number of halogens is 1. The SMILES string of the molecule is COc1ccc(OC)c(NC(N)=NCC(C)N(C)c2ccccc2)c1.I. The standard InChI is InChI=1S/C19H26N4O2.HI/c1-14(23(2)15-8-6-5-7-9-15)13-21-19(20)22-17-12-16(24-3)10-11-18(17)25-4;/h5-12,14H,13H2,1-4H3,(H3,20,21,22);1H. The molecule has 1 unspecified atom stereocenters. The third kappa shape index (κ3) is 5.98. The van der Waals surface area contributed by atoms with Gasteiger partial charge in [0.05, 0.1) is 26.5 Å². The van der Waals surface area contributed by atoms with Gasteiger partial charge in [-0.05, 0) is 31.2 Å². The number of nitrogens with one attached hydrogen (secondary N) is 1. The minimum atomic E-state index is 0. The van der Waals surface area contributed by atoms with E-state index in [2.05, 4.69) is 34.3 Å². The highest BCUT2D eigenvalue weighted by molar-refractivity contribution is 14.0. The number of methoxy groups -OCH3 is 2. The summed E-state index contributed by atoms with van der Waals surface area (Å²) in [6.07, 6.45) is 0. The van der Waals surface area contributed by atoms with Crippen LogP contribution in [0.1, 0.15) is 6.92 Å². The van der Waals surface area contributed by atoms with Crippen LogP contribution in [-0.4, -0.2) is 39.8 Å². The van der Waals surface area contributed by atoms with E-state index in [1.54, 1.807) is 14.2 Å². The van der Waals surface area contributed by atoms with Crippen LogP contribution in [-0.2, 0) is 0 Å². The van der Waals surface area contributed by atoms with Gasteiger partial charge < -0.3 is 25.4 Å². The van der Waals surface area contributed by atoms with E-state index in [9.17, 15) is 0 Å². The van der Waals surface area contributed by atoms with Gasteiger partial charge in [-0.25, -0.2) is 0 Å². The molecule has 0 saturated carbocycles. The Hall–Kier alpha value is -2.16. The normalized spacial score (nSPS) is 11.9. The molecule has 7 heteroatoms. The number of guanidine groups is 1. The maximum atomic E-state index is 6.03. The van der Waals surface area contributed by atoms with Gasteiger partial charge in [-0.15, -0.1) is 24.0 Å². The lowest BCUT2D eigenvalue weighted by atomic mass is 10.2. The summed E-state index contributed by atoms with van der Waals surface area (Å²) in [4.78, 5) is 6.61. The number of benzene rings is 2. The second-order valence-electron chi connectivity index (χ2n) is 5.71. The minimum absolute atomic E-state index is 0. The molecule has 2 aromatic rings. The molecule has 0 aliphatic heterocycles. The molecule has 0 amide bonds. The van der Waals surface area contributed by atoms with E-state index < -0.39 is 0 Å². The number of hydrogen-bond donors (Lipinski definition) is 2. The fourth-order valence-electron chi connectivity index (χ4n) is 2.36. The number of nitrogens with zero attached hydrogens (tertiary/aromatic N) is 2. The largest absolute Gasteiger partial charge is 0.497 e. The molecule has 0 aromatic heterocycles. The molecule has 0 aliphatic carbocycles. The molecule has 0 fully saturated rings. The number of nitrogens with two attached hydrogens (primary N) is 1. The number of rotatable bonds is 7. The lowest BCUT2D eigenvalue weighted by molar-refractivity contribution is 0.405. The van der Waals surface area contributed by atoms with E-state index in [4.69, 9.17) is 15.2 Å². The van der Waals surface area contributed by atoms with Crippen LogP contribution >= 0.6 is 24.0 Å². The Morgan fingerprint density at radius 1 is 1.15 bits per heavy atom. The Balaban J connectivity index is 0.00000338. The van der Waals surface area contributed by atoms with Gasteiger partial charge in [0.15, 0.2) is 5.96 Å². The van der Waals surface area contributed by atoms with Crippen LogP contribution < -0.4 is 25.4 Å². The number of anilines is 2. The van der Waals surface area contributed by atoms with Gasteiger partial charge in [-0.1, -0.05) is 18.2 Å². The van der Waals surface area contributed by atoms with Crippen molar-refractivity contribution in [1.82, 2.24) is 0 Å². The highest BCUT2D eigenvalue weighted by Crippen LogP contribution is 2.28. The van der Waals surface area contributed by atoms with Crippen LogP contribution in [0.15, 0.2) is 53.5 Å². The minimum Gasteiger partial charge on any atom is -0.497 e. The van der Waals surface area contributed by atoms with Crippen molar-refractivity contribution in [2.75, 3.05) is 38.0 Å². The Kier molecular flexibility index (Phi) is 9.04. The molecule has 142 valence electrons. The monoisotopic (exact) mass is 470 g/mol. The molecule has 0 aliphatic rings. The third-order valence-corrected chi connectivity index (χ3v) is 4.02. The highest BCUT2D eigenvalue weighted by Gasteiger charge is 2.10. The molecule has 0 bridgehead atoms. The Bertz CT molecular complexity index is 710. The van der Waals surface area contributed by atoms with Crippen molar-refractivity contribution in [3.8, 4) is 11.5 Å². The average Bonchev–Trinajstić information content (AvgIpc) is 2.66. The van der Waals surface area contributed by atoms with Crippen molar-refractivity contribution >= 4 is 41.3 Å².